The Morgan fingerprint density at radius 2 is 2.33 bits per heavy atom. The maximum absolute atomic E-state index is 9.99. The summed E-state index contributed by atoms with van der Waals surface area (Å²) >= 11 is 0. The predicted octanol–water partition coefficient (Wildman–Crippen LogP) is 1.49. The first kappa shape index (κ1) is 8.59. The second-order valence-electron chi connectivity index (χ2n) is 2.33. The number of ether oxygens (including phenoxy) is 1. The number of aromatic hydroxyl groups is 1. The zero-order chi connectivity index (χ0) is 8.97. The Labute approximate surface area is 70.6 Å². The van der Waals surface area contributed by atoms with Crippen molar-refractivity contribution in [3.8, 4) is 11.5 Å². The Bertz CT molecular complexity index is 281. The van der Waals surface area contributed by atoms with Crippen molar-refractivity contribution in [2.75, 3.05) is 0 Å². The predicted molar refractivity (Wildman–Crippen MR) is 44.2 cm³/mol. The van der Waals surface area contributed by atoms with Crippen LogP contribution in [0.15, 0.2) is 18.2 Å². The smallest absolute Gasteiger partial charge is 0.298 e. The van der Waals surface area contributed by atoms with Crippen LogP contribution in [0.4, 0.5) is 0 Å². The number of phenolic OH excluding ortho intramolecular Hbond substituents is 1. The van der Waals surface area contributed by atoms with Gasteiger partial charge in [0.25, 0.3) is 6.47 Å². The van der Waals surface area contributed by atoms with E-state index in [1.54, 1.807) is 18.2 Å². The number of carbonyl (C=O) groups excluding carboxylic acids is 1. The molecule has 0 aliphatic carbocycles. The van der Waals surface area contributed by atoms with Gasteiger partial charge in [0.05, 0.1) is 0 Å². The number of rotatable bonds is 3. The average Bonchev–Trinajstić information content (AvgIpc) is 2.09. The van der Waals surface area contributed by atoms with E-state index < -0.39 is 0 Å². The van der Waals surface area contributed by atoms with Crippen molar-refractivity contribution in [3.05, 3.63) is 23.8 Å². The number of phenols is 1. The van der Waals surface area contributed by atoms with Crippen LogP contribution in [0, 0.1) is 0 Å². The van der Waals surface area contributed by atoms with E-state index in [0.29, 0.717) is 12.9 Å². The molecule has 1 rings (SSSR count). The molecule has 0 aliphatic heterocycles. The van der Waals surface area contributed by atoms with Crippen LogP contribution < -0.4 is 4.74 Å². The lowest BCUT2D eigenvalue weighted by Crippen LogP contribution is -1.91. The molecule has 0 saturated heterocycles. The monoisotopic (exact) mass is 166 g/mol. The molecule has 3 nitrogen and oxygen atoms in total. The van der Waals surface area contributed by atoms with Crippen molar-refractivity contribution in [3.63, 3.8) is 0 Å². The molecule has 0 atom stereocenters. The minimum absolute atomic E-state index is 0.0482. The van der Waals surface area contributed by atoms with Crippen molar-refractivity contribution < 1.29 is 14.6 Å². The lowest BCUT2D eigenvalue weighted by atomic mass is 10.1. The van der Waals surface area contributed by atoms with Gasteiger partial charge >= 0.3 is 0 Å². The van der Waals surface area contributed by atoms with E-state index in [2.05, 4.69) is 4.74 Å². The highest BCUT2D eigenvalue weighted by Crippen LogP contribution is 2.29. The maximum Gasteiger partial charge on any atom is 0.298 e. The van der Waals surface area contributed by atoms with Gasteiger partial charge in [0.1, 0.15) is 0 Å². The highest BCUT2D eigenvalue weighted by atomic mass is 16.5. The molecule has 1 aromatic carbocycles. The minimum atomic E-state index is 0.0482. The molecule has 3 heteroatoms. The van der Waals surface area contributed by atoms with Crippen molar-refractivity contribution >= 4 is 6.47 Å². The van der Waals surface area contributed by atoms with Crippen molar-refractivity contribution in [1.29, 1.82) is 0 Å². The molecule has 0 aliphatic rings. The molecule has 0 spiro atoms. The van der Waals surface area contributed by atoms with Gasteiger partial charge in [0.2, 0.25) is 0 Å². The minimum Gasteiger partial charge on any atom is -0.504 e. The summed E-state index contributed by atoms with van der Waals surface area (Å²) < 4.78 is 4.55. The second kappa shape index (κ2) is 3.76. The van der Waals surface area contributed by atoms with Gasteiger partial charge in [-0.05, 0) is 18.1 Å². The van der Waals surface area contributed by atoms with Crippen LogP contribution in [0.1, 0.15) is 12.5 Å². The Hall–Kier alpha value is -1.51. The van der Waals surface area contributed by atoms with E-state index in [1.165, 1.54) is 0 Å². The fraction of sp³-hybridized carbons (Fsp3) is 0.222. The molecule has 0 unspecified atom stereocenters. The van der Waals surface area contributed by atoms with Gasteiger partial charge in [0.15, 0.2) is 11.5 Å². The first-order chi connectivity index (χ1) is 5.79. The molecule has 64 valence electrons. The van der Waals surface area contributed by atoms with E-state index in [4.69, 9.17) is 0 Å². The average molecular weight is 166 g/mol. The summed E-state index contributed by atoms with van der Waals surface area (Å²) in [6.45, 7) is 2.22. The van der Waals surface area contributed by atoms with Gasteiger partial charge in [0, 0.05) is 0 Å². The van der Waals surface area contributed by atoms with Crippen LogP contribution in [-0.2, 0) is 11.2 Å². The van der Waals surface area contributed by atoms with Gasteiger partial charge in [-0.25, -0.2) is 0 Å². The number of para-hydroxylation sites is 1. The topological polar surface area (TPSA) is 46.5 Å². The number of hydrogen-bond donors (Lipinski definition) is 1. The van der Waals surface area contributed by atoms with Crippen LogP contribution >= 0.6 is 0 Å². The number of hydrogen-bond acceptors (Lipinski definition) is 3. The van der Waals surface area contributed by atoms with E-state index in [-0.39, 0.29) is 11.5 Å². The normalized spacial score (nSPS) is 9.42. The lowest BCUT2D eigenvalue weighted by molar-refractivity contribution is -0.120. The van der Waals surface area contributed by atoms with Crippen LogP contribution in [-0.4, -0.2) is 11.6 Å². The second-order valence-corrected chi connectivity index (χ2v) is 2.33. The van der Waals surface area contributed by atoms with Crippen LogP contribution in [0.2, 0.25) is 0 Å². The van der Waals surface area contributed by atoms with Crippen LogP contribution in [0.25, 0.3) is 0 Å². The summed E-state index contributed by atoms with van der Waals surface area (Å²) in [6.07, 6.45) is 0.710. The molecular weight excluding hydrogens is 156 g/mol. The summed E-state index contributed by atoms with van der Waals surface area (Å²) in [5.41, 5.74) is 0.773. The molecule has 0 amide bonds. The Balaban J connectivity index is 3.04. The molecule has 0 fully saturated rings. The largest absolute Gasteiger partial charge is 0.504 e. The molecular formula is C9H10O3. The first-order valence-corrected chi connectivity index (χ1v) is 3.70. The number of benzene rings is 1. The lowest BCUT2D eigenvalue weighted by Gasteiger charge is -2.04. The van der Waals surface area contributed by atoms with Crippen molar-refractivity contribution in [2.24, 2.45) is 0 Å². The maximum atomic E-state index is 9.99. The molecule has 0 radical (unpaired) electrons. The fourth-order valence-corrected chi connectivity index (χ4v) is 1.00. The van der Waals surface area contributed by atoms with E-state index in [1.807, 2.05) is 6.92 Å². The highest BCUT2D eigenvalue weighted by Gasteiger charge is 2.05. The van der Waals surface area contributed by atoms with Crippen molar-refractivity contribution in [2.45, 2.75) is 13.3 Å². The SMILES string of the molecule is CCc1cccc(OC=O)c1O. The molecule has 0 bridgehead atoms. The Morgan fingerprint density at radius 1 is 1.58 bits per heavy atom. The van der Waals surface area contributed by atoms with Gasteiger partial charge in [-0.3, -0.25) is 4.79 Å². The van der Waals surface area contributed by atoms with E-state index in [9.17, 15) is 9.90 Å². The quantitative estimate of drug-likeness (QED) is 0.692. The Kier molecular flexibility index (Phi) is 2.69. The van der Waals surface area contributed by atoms with E-state index in [0.717, 1.165) is 5.56 Å². The van der Waals surface area contributed by atoms with Gasteiger partial charge in [-0.15, -0.1) is 0 Å². The molecule has 1 N–H and O–H groups in total. The van der Waals surface area contributed by atoms with E-state index >= 15 is 0 Å². The summed E-state index contributed by atoms with van der Waals surface area (Å²) in [4.78, 5) is 9.99. The zero-order valence-corrected chi connectivity index (χ0v) is 6.78. The summed E-state index contributed by atoms with van der Waals surface area (Å²) in [5, 5.41) is 9.44. The van der Waals surface area contributed by atoms with Crippen LogP contribution in [0.3, 0.4) is 0 Å². The van der Waals surface area contributed by atoms with Crippen LogP contribution in [0.5, 0.6) is 11.5 Å². The first-order valence-electron chi connectivity index (χ1n) is 3.70. The standard InChI is InChI=1S/C9H10O3/c1-2-7-4-3-5-8(9(7)11)12-6-10/h3-6,11H,2H2,1H3. The number of carbonyl (C=O) groups is 1. The third-order valence-electron chi connectivity index (χ3n) is 1.64. The Morgan fingerprint density at radius 3 is 2.92 bits per heavy atom. The van der Waals surface area contributed by atoms with Crippen molar-refractivity contribution in [1.82, 2.24) is 0 Å². The number of aryl methyl sites for hydroxylation is 1. The third kappa shape index (κ3) is 1.56. The summed E-state index contributed by atoms with van der Waals surface area (Å²) in [6, 6.07) is 5.06. The van der Waals surface area contributed by atoms with Gasteiger partial charge < -0.3 is 9.84 Å². The molecule has 0 aromatic heterocycles. The third-order valence-corrected chi connectivity index (χ3v) is 1.64. The summed E-state index contributed by atoms with van der Waals surface area (Å²) in [7, 11) is 0. The molecule has 1 aromatic rings. The summed E-state index contributed by atoms with van der Waals surface area (Å²) in [5.74, 6) is 0.261. The zero-order valence-electron chi connectivity index (χ0n) is 6.78. The van der Waals surface area contributed by atoms with Gasteiger partial charge in [-0.1, -0.05) is 19.1 Å². The molecule has 12 heavy (non-hydrogen) atoms. The molecule has 0 saturated carbocycles. The fourth-order valence-electron chi connectivity index (χ4n) is 1.00. The highest BCUT2D eigenvalue weighted by molar-refractivity contribution is 5.52. The van der Waals surface area contributed by atoms with Gasteiger partial charge in [-0.2, -0.15) is 0 Å². The molecule has 0 heterocycles.